The smallest absolute Gasteiger partial charge is 0.253 e. The molecule has 1 atom stereocenters. The Kier molecular flexibility index (Phi) is 5.68. The lowest BCUT2D eigenvalue weighted by molar-refractivity contribution is -0.120. The average Bonchev–Trinajstić information content (AvgIpc) is 3.25. The van der Waals surface area contributed by atoms with Gasteiger partial charge in [0, 0.05) is 11.6 Å². The highest BCUT2D eigenvalue weighted by Gasteiger charge is 2.40. The van der Waals surface area contributed by atoms with Crippen molar-refractivity contribution < 1.29 is 13.2 Å². The maximum Gasteiger partial charge on any atom is 0.253 e. The number of benzene rings is 2. The molecule has 1 aliphatic rings. The van der Waals surface area contributed by atoms with E-state index in [0.29, 0.717) is 15.7 Å². The number of hydrogen-bond acceptors (Lipinski definition) is 4. The number of nitrogens with one attached hydrogen (secondary N) is 1. The van der Waals surface area contributed by atoms with Crippen LogP contribution in [0, 0.1) is 0 Å². The molecule has 4 rings (SSSR count). The second-order valence-corrected chi connectivity index (χ2v) is 10.5. The van der Waals surface area contributed by atoms with Crippen LogP contribution in [0.15, 0.2) is 64.2 Å². The molecule has 1 aromatic heterocycles. The summed E-state index contributed by atoms with van der Waals surface area (Å²) in [4.78, 5) is 13.2. The van der Waals surface area contributed by atoms with Crippen molar-refractivity contribution in [3.05, 3.63) is 81.1 Å². The summed E-state index contributed by atoms with van der Waals surface area (Å²) in [5.74, 6) is -0.455. The van der Waals surface area contributed by atoms with Crippen molar-refractivity contribution >= 4 is 56.2 Å². The molecular weight excluding hydrogens is 451 g/mol. The van der Waals surface area contributed by atoms with E-state index in [2.05, 4.69) is 5.32 Å². The fourth-order valence-corrected chi connectivity index (χ4v) is 6.33. The van der Waals surface area contributed by atoms with Gasteiger partial charge in [-0.2, -0.15) is 4.31 Å². The first kappa shape index (κ1) is 20.4. The summed E-state index contributed by atoms with van der Waals surface area (Å²) in [5, 5.41) is 5.18. The summed E-state index contributed by atoms with van der Waals surface area (Å²) in [7, 11) is -3.83. The van der Waals surface area contributed by atoms with Gasteiger partial charge >= 0.3 is 0 Å². The summed E-state index contributed by atoms with van der Waals surface area (Å²) < 4.78 is 28.0. The van der Waals surface area contributed by atoms with Gasteiger partial charge in [0.2, 0.25) is 5.91 Å². The molecule has 0 aliphatic carbocycles. The van der Waals surface area contributed by atoms with E-state index in [4.69, 9.17) is 23.2 Å². The summed E-state index contributed by atoms with van der Waals surface area (Å²) in [6.45, 7) is 0.123. The normalized spacial score (nSPS) is 17.0. The van der Waals surface area contributed by atoms with E-state index < -0.39 is 22.0 Å². The number of carbonyl (C=O) groups excluding carboxylic acids is 1. The maximum atomic E-state index is 13.3. The van der Waals surface area contributed by atoms with E-state index in [1.807, 2.05) is 24.3 Å². The summed E-state index contributed by atoms with van der Waals surface area (Å²) >= 11 is 13.3. The van der Waals surface area contributed by atoms with E-state index in [0.717, 1.165) is 22.5 Å². The quantitative estimate of drug-likeness (QED) is 0.599. The van der Waals surface area contributed by atoms with Crippen molar-refractivity contribution in [3.63, 3.8) is 0 Å². The van der Waals surface area contributed by atoms with Crippen LogP contribution in [0.2, 0.25) is 10.0 Å². The third-order valence-corrected chi connectivity index (χ3v) is 8.54. The highest BCUT2D eigenvalue weighted by Crippen LogP contribution is 2.32. The van der Waals surface area contributed by atoms with Crippen molar-refractivity contribution in [2.75, 3.05) is 5.32 Å². The standard InChI is InChI=1S/C20H16Cl2N2O3S2/c21-15-7-8-16(22)17(11-15)23-20(25)18-10-13-4-1-2-5-14(13)12-24(18)29(26,27)19-6-3-9-28-19/h1-9,11,18H,10,12H2,(H,23,25). The highest BCUT2D eigenvalue weighted by atomic mass is 35.5. The molecule has 2 aromatic carbocycles. The van der Waals surface area contributed by atoms with Crippen molar-refractivity contribution in [2.45, 2.75) is 23.2 Å². The number of nitrogens with zero attached hydrogens (tertiary/aromatic N) is 1. The van der Waals surface area contributed by atoms with Crippen LogP contribution in [-0.2, 0) is 27.8 Å². The Morgan fingerprint density at radius 3 is 2.55 bits per heavy atom. The molecule has 1 unspecified atom stereocenters. The monoisotopic (exact) mass is 466 g/mol. The Morgan fingerprint density at radius 1 is 1.07 bits per heavy atom. The molecule has 0 bridgehead atoms. The van der Waals surface area contributed by atoms with Crippen molar-refractivity contribution in [3.8, 4) is 0 Å². The Morgan fingerprint density at radius 2 is 1.83 bits per heavy atom. The molecule has 1 N–H and O–H groups in total. The molecule has 0 radical (unpaired) electrons. The fourth-order valence-electron chi connectivity index (χ4n) is 3.31. The molecule has 29 heavy (non-hydrogen) atoms. The highest BCUT2D eigenvalue weighted by molar-refractivity contribution is 7.91. The molecule has 0 fully saturated rings. The van der Waals surface area contributed by atoms with Gasteiger partial charge in [-0.25, -0.2) is 8.42 Å². The van der Waals surface area contributed by atoms with Crippen LogP contribution in [0.1, 0.15) is 11.1 Å². The van der Waals surface area contributed by atoms with E-state index in [9.17, 15) is 13.2 Å². The molecule has 3 aromatic rings. The van der Waals surface area contributed by atoms with Crippen LogP contribution in [0.5, 0.6) is 0 Å². The molecule has 9 heteroatoms. The molecule has 150 valence electrons. The van der Waals surface area contributed by atoms with Crippen LogP contribution in [0.4, 0.5) is 5.69 Å². The number of rotatable bonds is 4. The minimum atomic E-state index is -3.83. The predicted octanol–water partition coefficient (Wildman–Crippen LogP) is 4.81. The number of anilines is 1. The molecule has 1 aliphatic heterocycles. The average molecular weight is 467 g/mol. The van der Waals surface area contributed by atoms with Gasteiger partial charge in [-0.15, -0.1) is 11.3 Å². The molecule has 0 saturated carbocycles. The van der Waals surface area contributed by atoms with E-state index in [1.165, 1.54) is 10.4 Å². The van der Waals surface area contributed by atoms with Crippen LogP contribution >= 0.6 is 34.5 Å². The lowest BCUT2D eigenvalue weighted by Crippen LogP contribution is -2.50. The van der Waals surface area contributed by atoms with E-state index in [1.54, 1.807) is 29.6 Å². The third-order valence-electron chi connectivity index (χ3n) is 4.75. The Hall–Kier alpha value is -1.90. The second-order valence-electron chi connectivity index (χ2n) is 6.58. The van der Waals surface area contributed by atoms with Gasteiger partial charge in [-0.3, -0.25) is 4.79 Å². The van der Waals surface area contributed by atoms with Gasteiger partial charge in [0.15, 0.2) is 0 Å². The lowest BCUT2D eigenvalue weighted by Gasteiger charge is -2.34. The number of amides is 1. The van der Waals surface area contributed by atoms with Gasteiger partial charge in [0.1, 0.15) is 10.3 Å². The van der Waals surface area contributed by atoms with Gasteiger partial charge in [-0.05, 0) is 47.2 Å². The number of hydrogen-bond donors (Lipinski definition) is 1. The molecule has 0 spiro atoms. The zero-order valence-electron chi connectivity index (χ0n) is 15.0. The van der Waals surface area contributed by atoms with E-state index in [-0.39, 0.29) is 17.2 Å². The molecular formula is C20H16Cl2N2O3S2. The zero-order chi connectivity index (χ0) is 20.6. The van der Waals surface area contributed by atoms with Crippen LogP contribution < -0.4 is 5.32 Å². The Balaban J connectivity index is 1.72. The van der Waals surface area contributed by atoms with Crippen LogP contribution in [0.3, 0.4) is 0 Å². The summed E-state index contributed by atoms with van der Waals surface area (Å²) in [5.41, 5.74) is 2.18. The first-order valence-corrected chi connectivity index (χ1v) is 11.8. The van der Waals surface area contributed by atoms with Crippen LogP contribution in [-0.4, -0.2) is 24.7 Å². The Labute approximate surface area is 182 Å². The third kappa shape index (κ3) is 4.06. The van der Waals surface area contributed by atoms with Gasteiger partial charge < -0.3 is 5.32 Å². The van der Waals surface area contributed by atoms with E-state index >= 15 is 0 Å². The Bertz CT molecular complexity index is 1160. The van der Waals surface area contributed by atoms with Crippen LogP contribution in [0.25, 0.3) is 0 Å². The molecule has 0 saturated heterocycles. The van der Waals surface area contributed by atoms with Crippen molar-refractivity contribution in [1.29, 1.82) is 0 Å². The lowest BCUT2D eigenvalue weighted by atomic mass is 9.95. The van der Waals surface area contributed by atoms with Crippen molar-refractivity contribution in [1.82, 2.24) is 4.31 Å². The molecule has 5 nitrogen and oxygen atoms in total. The van der Waals surface area contributed by atoms with Gasteiger partial charge in [0.05, 0.1) is 10.7 Å². The largest absolute Gasteiger partial charge is 0.323 e. The minimum Gasteiger partial charge on any atom is -0.323 e. The summed E-state index contributed by atoms with van der Waals surface area (Å²) in [6, 6.07) is 14.6. The SMILES string of the molecule is O=C(Nc1cc(Cl)ccc1Cl)C1Cc2ccccc2CN1S(=O)(=O)c1cccs1. The first-order chi connectivity index (χ1) is 13.9. The zero-order valence-corrected chi connectivity index (χ0v) is 18.2. The molecule has 2 heterocycles. The number of carbonyl (C=O) groups is 1. The number of sulfonamides is 1. The van der Waals surface area contributed by atoms with Gasteiger partial charge in [0.25, 0.3) is 10.0 Å². The first-order valence-electron chi connectivity index (χ1n) is 8.74. The number of fused-ring (bicyclic) bond motifs is 1. The van der Waals surface area contributed by atoms with Gasteiger partial charge in [-0.1, -0.05) is 53.5 Å². The second kappa shape index (κ2) is 8.08. The van der Waals surface area contributed by atoms with Crippen molar-refractivity contribution in [2.24, 2.45) is 0 Å². The number of halogens is 2. The molecule has 1 amide bonds. The fraction of sp³-hybridized carbons (Fsp3) is 0.150. The maximum absolute atomic E-state index is 13.3. The summed E-state index contributed by atoms with van der Waals surface area (Å²) in [6.07, 6.45) is 0.269. The number of thiophene rings is 1. The predicted molar refractivity (Wildman–Crippen MR) is 116 cm³/mol. The minimum absolute atomic E-state index is 0.123. The topological polar surface area (TPSA) is 66.5 Å².